The molecular weight excluding hydrogens is 378 g/mol. The maximum absolute atomic E-state index is 12.5. The molecule has 8 nitrogen and oxygen atoms in total. The molecule has 1 aromatic heterocycles. The van der Waals surface area contributed by atoms with Gasteiger partial charge in [0.2, 0.25) is 10.0 Å². The van der Waals surface area contributed by atoms with Crippen molar-refractivity contribution in [3.05, 3.63) is 41.2 Å². The number of anilines is 2. The number of nitrogens with zero attached hydrogens (tertiary/aromatic N) is 3. The molecule has 1 saturated heterocycles. The van der Waals surface area contributed by atoms with Gasteiger partial charge < -0.3 is 15.0 Å². The van der Waals surface area contributed by atoms with Crippen molar-refractivity contribution in [2.24, 2.45) is 0 Å². The van der Waals surface area contributed by atoms with Crippen molar-refractivity contribution in [2.45, 2.75) is 25.7 Å². The average molecular weight is 406 g/mol. The second-order valence-corrected chi connectivity index (χ2v) is 8.59. The number of hydrogen-bond acceptors (Lipinski definition) is 7. The Hall–Kier alpha value is -2.23. The third-order valence-electron chi connectivity index (χ3n) is 4.52. The molecule has 2 heterocycles. The quantitative estimate of drug-likeness (QED) is 0.676. The Morgan fingerprint density at radius 2 is 1.82 bits per heavy atom. The highest BCUT2D eigenvalue weighted by Gasteiger charge is 2.17. The maximum atomic E-state index is 12.5. The Morgan fingerprint density at radius 1 is 1.07 bits per heavy atom. The van der Waals surface area contributed by atoms with Crippen LogP contribution in [0.4, 0.5) is 11.6 Å². The van der Waals surface area contributed by atoms with Crippen molar-refractivity contribution in [1.82, 2.24) is 14.7 Å². The summed E-state index contributed by atoms with van der Waals surface area (Å²) in [5, 5.41) is 3.18. The predicted octanol–water partition coefficient (Wildman–Crippen LogP) is 1.63. The van der Waals surface area contributed by atoms with Crippen LogP contribution < -0.4 is 14.9 Å². The molecule has 1 aliphatic heterocycles. The summed E-state index contributed by atoms with van der Waals surface area (Å²) in [5.74, 6) is 2.21. The fourth-order valence-electron chi connectivity index (χ4n) is 3.05. The van der Waals surface area contributed by atoms with Gasteiger partial charge in [0, 0.05) is 32.2 Å². The van der Waals surface area contributed by atoms with Gasteiger partial charge in [-0.25, -0.2) is 23.1 Å². The van der Waals surface area contributed by atoms with E-state index in [-0.39, 0.29) is 6.54 Å². The van der Waals surface area contributed by atoms with Gasteiger partial charge >= 0.3 is 0 Å². The molecule has 2 aromatic rings. The van der Waals surface area contributed by atoms with Crippen molar-refractivity contribution in [1.29, 1.82) is 0 Å². The lowest BCUT2D eigenvalue weighted by Crippen LogP contribution is -2.37. The summed E-state index contributed by atoms with van der Waals surface area (Å²) in [6.07, 6.45) is 0. The monoisotopic (exact) mass is 405 g/mol. The molecule has 9 heteroatoms. The molecule has 0 atom stereocenters. The van der Waals surface area contributed by atoms with E-state index in [1.807, 2.05) is 32.0 Å². The Morgan fingerprint density at radius 3 is 2.57 bits per heavy atom. The van der Waals surface area contributed by atoms with Crippen molar-refractivity contribution in [2.75, 3.05) is 49.6 Å². The third-order valence-corrected chi connectivity index (χ3v) is 6.12. The zero-order valence-corrected chi connectivity index (χ0v) is 17.3. The first kappa shape index (κ1) is 20.5. The van der Waals surface area contributed by atoms with Gasteiger partial charge in [0.05, 0.1) is 18.1 Å². The second kappa shape index (κ2) is 8.85. The van der Waals surface area contributed by atoms with Crippen molar-refractivity contribution < 1.29 is 13.2 Å². The fraction of sp³-hybridized carbons (Fsp3) is 0.474. The molecule has 0 amide bonds. The number of nitrogens with one attached hydrogen (secondary N) is 2. The summed E-state index contributed by atoms with van der Waals surface area (Å²) in [6, 6.07) is 7.30. The lowest BCUT2D eigenvalue weighted by atomic mass is 10.2. The maximum Gasteiger partial charge on any atom is 0.240 e. The van der Waals surface area contributed by atoms with Crippen LogP contribution in [0.2, 0.25) is 0 Å². The molecule has 0 unspecified atom stereocenters. The zero-order chi connectivity index (χ0) is 20.1. The van der Waals surface area contributed by atoms with E-state index < -0.39 is 10.0 Å². The van der Waals surface area contributed by atoms with Crippen LogP contribution in [0.1, 0.15) is 17.0 Å². The molecule has 3 rings (SSSR count). The molecule has 28 heavy (non-hydrogen) atoms. The van der Waals surface area contributed by atoms with Crippen molar-refractivity contribution in [3.8, 4) is 0 Å². The summed E-state index contributed by atoms with van der Waals surface area (Å²) in [7, 11) is -3.55. The smallest absolute Gasteiger partial charge is 0.240 e. The fourth-order valence-corrected chi connectivity index (χ4v) is 4.41. The minimum Gasteiger partial charge on any atom is -0.378 e. The Balaban J connectivity index is 1.59. The normalized spacial score (nSPS) is 14.9. The molecule has 0 radical (unpaired) electrons. The van der Waals surface area contributed by atoms with Gasteiger partial charge in [-0.05, 0) is 38.0 Å². The number of aromatic nitrogens is 2. The van der Waals surface area contributed by atoms with Gasteiger partial charge in [0.1, 0.15) is 17.5 Å². The third kappa shape index (κ3) is 5.18. The SMILES string of the molecule is Cc1ccc(C)c(S(=O)(=O)NCCNc2cc(N3CCOCC3)nc(C)n2)c1. The molecule has 2 N–H and O–H groups in total. The summed E-state index contributed by atoms with van der Waals surface area (Å²) in [4.78, 5) is 11.4. The van der Waals surface area contributed by atoms with E-state index >= 15 is 0 Å². The molecule has 1 aliphatic rings. The summed E-state index contributed by atoms with van der Waals surface area (Å²) in [5.41, 5.74) is 1.64. The van der Waals surface area contributed by atoms with E-state index in [0.29, 0.717) is 36.3 Å². The standard InChI is InChI=1S/C19H27N5O3S/c1-14-4-5-15(2)17(12-14)28(25,26)21-7-6-20-18-13-19(23-16(3)22-18)24-8-10-27-11-9-24/h4-5,12-13,21H,6-11H2,1-3H3,(H,20,22,23). The van der Waals surface area contributed by atoms with Crippen LogP contribution in [0.3, 0.4) is 0 Å². The van der Waals surface area contributed by atoms with Crippen LogP contribution in [0.25, 0.3) is 0 Å². The molecule has 1 aromatic carbocycles. The first-order chi connectivity index (χ1) is 13.3. The van der Waals surface area contributed by atoms with Gasteiger partial charge in [0.15, 0.2) is 0 Å². The molecule has 0 spiro atoms. The molecular formula is C19H27N5O3S. The van der Waals surface area contributed by atoms with Crippen molar-refractivity contribution >= 4 is 21.7 Å². The number of ether oxygens (including phenoxy) is 1. The van der Waals surface area contributed by atoms with Gasteiger partial charge in [-0.2, -0.15) is 0 Å². The first-order valence-electron chi connectivity index (χ1n) is 9.34. The Bertz CT molecular complexity index is 927. The van der Waals surface area contributed by atoms with Crippen LogP contribution in [0.5, 0.6) is 0 Å². The molecule has 0 saturated carbocycles. The lowest BCUT2D eigenvalue weighted by Gasteiger charge is -2.28. The first-order valence-corrected chi connectivity index (χ1v) is 10.8. The van der Waals surface area contributed by atoms with Crippen LogP contribution in [0, 0.1) is 20.8 Å². The lowest BCUT2D eigenvalue weighted by molar-refractivity contribution is 0.122. The van der Waals surface area contributed by atoms with E-state index in [9.17, 15) is 8.42 Å². The topological polar surface area (TPSA) is 96.5 Å². The van der Waals surface area contributed by atoms with Gasteiger partial charge in [0.25, 0.3) is 0 Å². The van der Waals surface area contributed by atoms with E-state index in [4.69, 9.17) is 4.74 Å². The number of sulfonamides is 1. The number of hydrogen-bond donors (Lipinski definition) is 2. The molecule has 0 aliphatic carbocycles. The highest BCUT2D eigenvalue weighted by atomic mass is 32.2. The number of aryl methyl sites for hydroxylation is 3. The van der Waals surface area contributed by atoms with Crippen molar-refractivity contribution in [3.63, 3.8) is 0 Å². The highest BCUT2D eigenvalue weighted by molar-refractivity contribution is 7.89. The molecule has 152 valence electrons. The molecule has 1 fully saturated rings. The summed E-state index contributed by atoms with van der Waals surface area (Å²) >= 11 is 0. The van der Waals surface area contributed by atoms with Gasteiger partial charge in [-0.15, -0.1) is 0 Å². The second-order valence-electron chi connectivity index (χ2n) is 6.85. The van der Waals surface area contributed by atoms with Crippen LogP contribution >= 0.6 is 0 Å². The Kier molecular flexibility index (Phi) is 6.48. The molecule has 0 bridgehead atoms. The van der Waals surface area contributed by atoms with E-state index in [1.54, 1.807) is 13.0 Å². The Labute approximate surface area is 166 Å². The number of rotatable bonds is 7. The minimum atomic E-state index is -3.55. The van der Waals surface area contributed by atoms with Gasteiger partial charge in [-0.3, -0.25) is 0 Å². The summed E-state index contributed by atoms with van der Waals surface area (Å²) in [6.45, 7) is 9.16. The predicted molar refractivity (Wildman–Crippen MR) is 109 cm³/mol. The van der Waals surface area contributed by atoms with E-state index in [2.05, 4.69) is 24.9 Å². The van der Waals surface area contributed by atoms with Crippen LogP contribution in [0.15, 0.2) is 29.2 Å². The number of benzene rings is 1. The van der Waals surface area contributed by atoms with E-state index in [0.717, 1.165) is 30.0 Å². The van der Waals surface area contributed by atoms with Gasteiger partial charge in [-0.1, -0.05) is 12.1 Å². The van der Waals surface area contributed by atoms with Crippen LogP contribution in [-0.2, 0) is 14.8 Å². The zero-order valence-electron chi connectivity index (χ0n) is 16.5. The minimum absolute atomic E-state index is 0.256. The highest BCUT2D eigenvalue weighted by Crippen LogP contribution is 2.18. The number of morpholine rings is 1. The largest absolute Gasteiger partial charge is 0.378 e. The average Bonchev–Trinajstić information content (AvgIpc) is 2.67. The van der Waals surface area contributed by atoms with E-state index in [1.165, 1.54) is 0 Å². The van der Waals surface area contributed by atoms with Crippen LogP contribution in [-0.4, -0.2) is 57.8 Å². The summed E-state index contributed by atoms with van der Waals surface area (Å²) < 4.78 is 33.1.